The molecule has 4 heteroatoms. The lowest BCUT2D eigenvalue weighted by Crippen LogP contribution is -2.31. The monoisotopic (exact) mass is 278 g/mol. The van der Waals surface area contributed by atoms with Crippen LogP contribution in [0.25, 0.3) is 0 Å². The van der Waals surface area contributed by atoms with Gasteiger partial charge >= 0.3 is 0 Å². The molecule has 1 unspecified atom stereocenters. The molecule has 1 aromatic carbocycles. The molecule has 1 aromatic rings. The Morgan fingerprint density at radius 1 is 1.40 bits per heavy atom. The predicted molar refractivity (Wildman–Crippen MR) is 81.0 cm³/mol. The first kappa shape index (κ1) is 15.3. The normalized spacial score (nSPS) is 16.4. The SMILES string of the molecule is COc1cccc(C(N)CN(C)CCOCC2CC2)c1. The summed E-state index contributed by atoms with van der Waals surface area (Å²) in [5, 5.41) is 0. The van der Waals surface area contributed by atoms with Crippen LogP contribution < -0.4 is 10.5 Å². The van der Waals surface area contributed by atoms with Gasteiger partial charge < -0.3 is 20.1 Å². The molecule has 20 heavy (non-hydrogen) atoms. The van der Waals surface area contributed by atoms with Crippen molar-refractivity contribution in [3.05, 3.63) is 29.8 Å². The van der Waals surface area contributed by atoms with E-state index >= 15 is 0 Å². The van der Waals surface area contributed by atoms with Crippen molar-refractivity contribution in [3.63, 3.8) is 0 Å². The van der Waals surface area contributed by atoms with E-state index in [0.717, 1.165) is 43.5 Å². The van der Waals surface area contributed by atoms with Gasteiger partial charge in [0, 0.05) is 25.7 Å². The topological polar surface area (TPSA) is 47.7 Å². The zero-order chi connectivity index (χ0) is 14.4. The number of likely N-dealkylation sites (N-methyl/N-ethyl adjacent to an activating group) is 1. The van der Waals surface area contributed by atoms with Gasteiger partial charge in [0.05, 0.1) is 13.7 Å². The fraction of sp³-hybridized carbons (Fsp3) is 0.625. The molecule has 1 saturated carbocycles. The molecular formula is C16H26N2O2. The average molecular weight is 278 g/mol. The maximum atomic E-state index is 6.24. The first-order valence-corrected chi connectivity index (χ1v) is 7.35. The summed E-state index contributed by atoms with van der Waals surface area (Å²) in [6, 6.07) is 7.96. The smallest absolute Gasteiger partial charge is 0.119 e. The number of ether oxygens (including phenoxy) is 2. The fourth-order valence-electron chi connectivity index (χ4n) is 2.16. The molecule has 1 fully saturated rings. The van der Waals surface area contributed by atoms with Crippen molar-refractivity contribution in [2.45, 2.75) is 18.9 Å². The third kappa shape index (κ3) is 5.12. The molecule has 1 atom stereocenters. The summed E-state index contributed by atoms with van der Waals surface area (Å²) >= 11 is 0. The van der Waals surface area contributed by atoms with Gasteiger partial charge in [-0.25, -0.2) is 0 Å². The van der Waals surface area contributed by atoms with E-state index in [0.29, 0.717) is 0 Å². The Hall–Kier alpha value is -1.10. The van der Waals surface area contributed by atoms with Crippen molar-refractivity contribution in [2.24, 2.45) is 11.7 Å². The molecule has 0 amide bonds. The van der Waals surface area contributed by atoms with E-state index in [4.69, 9.17) is 15.2 Å². The highest BCUT2D eigenvalue weighted by molar-refractivity contribution is 5.30. The molecular weight excluding hydrogens is 252 g/mol. The van der Waals surface area contributed by atoms with E-state index in [9.17, 15) is 0 Å². The summed E-state index contributed by atoms with van der Waals surface area (Å²) in [6.45, 7) is 3.46. The van der Waals surface area contributed by atoms with E-state index in [1.54, 1.807) is 7.11 Å². The summed E-state index contributed by atoms with van der Waals surface area (Å²) in [4.78, 5) is 2.22. The number of methoxy groups -OCH3 is 1. The minimum absolute atomic E-state index is 0.00136. The lowest BCUT2D eigenvalue weighted by molar-refractivity contribution is 0.102. The summed E-state index contributed by atoms with van der Waals surface area (Å²) in [5.41, 5.74) is 7.35. The third-order valence-corrected chi connectivity index (χ3v) is 3.70. The van der Waals surface area contributed by atoms with Crippen LogP contribution in [0.3, 0.4) is 0 Å². The standard InChI is InChI=1S/C16H26N2O2/c1-18(8-9-20-12-13-6-7-13)11-16(17)14-4-3-5-15(10-14)19-2/h3-5,10,13,16H,6-9,11-12,17H2,1-2H3. The molecule has 0 bridgehead atoms. The number of rotatable bonds is 9. The van der Waals surface area contributed by atoms with Crippen LogP contribution >= 0.6 is 0 Å². The number of hydrogen-bond donors (Lipinski definition) is 1. The zero-order valence-electron chi connectivity index (χ0n) is 12.5. The molecule has 0 aliphatic heterocycles. The maximum Gasteiger partial charge on any atom is 0.119 e. The van der Waals surface area contributed by atoms with Gasteiger partial charge in [-0.2, -0.15) is 0 Å². The van der Waals surface area contributed by atoms with Gasteiger partial charge in [0.1, 0.15) is 5.75 Å². The Bertz CT molecular complexity index is 407. The highest BCUT2D eigenvalue weighted by atomic mass is 16.5. The van der Waals surface area contributed by atoms with E-state index in [1.807, 2.05) is 24.3 Å². The van der Waals surface area contributed by atoms with Crippen LogP contribution in [0.4, 0.5) is 0 Å². The van der Waals surface area contributed by atoms with Gasteiger partial charge in [-0.3, -0.25) is 0 Å². The Balaban J connectivity index is 1.69. The Labute approximate surface area is 121 Å². The molecule has 1 aliphatic rings. The van der Waals surface area contributed by atoms with E-state index in [2.05, 4.69) is 11.9 Å². The molecule has 0 radical (unpaired) electrons. The van der Waals surface area contributed by atoms with Gasteiger partial charge in [-0.1, -0.05) is 12.1 Å². The van der Waals surface area contributed by atoms with Crippen molar-refractivity contribution in [3.8, 4) is 5.75 Å². The Morgan fingerprint density at radius 2 is 2.20 bits per heavy atom. The van der Waals surface area contributed by atoms with Crippen LogP contribution in [0.2, 0.25) is 0 Å². The average Bonchev–Trinajstić information content (AvgIpc) is 3.28. The molecule has 0 spiro atoms. The molecule has 2 N–H and O–H groups in total. The summed E-state index contributed by atoms with van der Waals surface area (Å²) in [5.74, 6) is 1.69. The van der Waals surface area contributed by atoms with E-state index in [1.165, 1.54) is 12.8 Å². The van der Waals surface area contributed by atoms with Gasteiger partial charge in [0.15, 0.2) is 0 Å². The first-order chi connectivity index (χ1) is 9.69. The number of nitrogens with two attached hydrogens (primary N) is 1. The lowest BCUT2D eigenvalue weighted by atomic mass is 10.1. The van der Waals surface area contributed by atoms with E-state index in [-0.39, 0.29) is 6.04 Å². The van der Waals surface area contributed by atoms with Crippen LogP contribution in [0.1, 0.15) is 24.4 Å². The van der Waals surface area contributed by atoms with Gasteiger partial charge in [-0.15, -0.1) is 0 Å². The molecule has 1 aliphatic carbocycles. The van der Waals surface area contributed by atoms with Crippen LogP contribution in [0.5, 0.6) is 5.75 Å². The number of hydrogen-bond acceptors (Lipinski definition) is 4. The third-order valence-electron chi connectivity index (χ3n) is 3.70. The second-order valence-corrected chi connectivity index (χ2v) is 5.66. The molecule has 2 rings (SSSR count). The summed E-state index contributed by atoms with van der Waals surface area (Å²) in [7, 11) is 3.76. The molecule has 0 heterocycles. The molecule has 112 valence electrons. The van der Waals surface area contributed by atoms with Crippen molar-refractivity contribution >= 4 is 0 Å². The molecule has 0 saturated heterocycles. The van der Waals surface area contributed by atoms with Crippen molar-refractivity contribution < 1.29 is 9.47 Å². The highest BCUT2D eigenvalue weighted by Crippen LogP contribution is 2.28. The first-order valence-electron chi connectivity index (χ1n) is 7.35. The van der Waals surface area contributed by atoms with Crippen molar-refractivity contribution in [1.82, 2.24) is 4.90 Å². The van der Waals surface area contributed by atoms with Crippen LogP contribution in [0, 0.1) is 5.92 Å². The summed E-state index contributed by atoms with van der Waals surface area (Å²) in [6.07, 6.45) is 2.69. The number of benzene rings is 1. The van der Waals surface area contributed by atoms with Crippen LogP contribution in [0.15, 0.2) is 24.3 Å². The van der Waals surface area contributed by atoms with Gasteiger partial charge in [0.25, 0.3) is 0 Å². The minimum atomic E-state index is -0.00136. The fourth-order valence-corrected chi connectivity index (χ4v) is 2.16. The Kier molecular flexibility index (Phi) is 5.83. The van der Waals surface area contributed by atoms with Crippen molar-refractivity contribution in [2.75, 3.05) is 40.5 Å². The molecule has 0 aromatic heterocycles. The van der Waals surface area contributed by atoms with E-state index < -0.39 is 0 Å². The second kappa shape index (κ2) is 7.62. The summed E-state index contributed by atoms with van der Waals surface area (Å²) < 4.78 is 10.9. The predicted octanol–water partition coefficient (Wildman–Crippen LogP) is 2.05. The highest BCUT2D eigenvalue weighted by Gasteiger charge is 2.21. The quantitative estimate of drug-likeness (QED) is 0.702. The van der Waals surface area contributed by atoms with Crippen molar-refractivity contribution in [1.29, 1.82) is 0 Å². The lowest BCUT2D eigenvalue weighted by Gasteiger charge is -2.21. The van der Waals surface area contributed by atoms with Gasteiger partial charge in [0.2, 0.25) is 0 Å². The Morgan fingerprint density at radius 3 is 2.90 bits per heavy atom. The van der Waals surface area contributed by atoms with Crippen LogP contribution in [-0.4, -0.2) is 45.4 Å². The number of nitrogens with zero attached hydrogens (tertiary/aromatic N) is 1. The minimum Gasteiger partial charge on any atom is -0.497 e. The maximum absolute atomic E-state index is 6.24. The zero-order valence-corrected chi connectivity index (χ0v) is 12.5. The molecule has 4 nitrogen and oxygen atoms in total. The second-order valence-electron chi connectivity index (χ2n) is 5.66. The van der Waals surface area contributed by atoms with Gasteiger partial charge in [-0.05, 0) is 43.5 Å². The van der Waals surface area contributed by atoms with Crippen LogP contribution in [-0.2, 0) is 4.74 Å². The largest absolute Gasteiger partial charge is 0.497 e.